The van der Waals surface area contributed by atoms with Gasteiger partial charge in [-0.05, 0) is 36.0 Å². The predicted molar refractivity (Wildman–Crippen MR) is 137 cm³/mol. The molecule has 0 aliphatic heterocycles. The van der Waals surface area contributed by atoms with E-state index >= 15 is 0 Å². The molecule has 1 aliphatic rings. The molecular formula is C29H32N4O2. The van der Waals surface area contributed by atoms with Crippen molar-refractivity contribution >= 4 is 0 Å². The fourth-order valence-corrected chi connectivity index (χ4v) is 4.91. The maximum absolute atomic E-state index is 12.6. The van der Waals surface area contributed by atoms with Crippen LogP contribution >= 0.6 is 0 Å². The van der Waals surface area contributed by atoms with Crippen molar-refractivity contribution in [3.05, 3.63) is 106 Å². The van der Waals surface area contributed by atoms with E-state index in [4.69, 9.17) is 14.8 Å². The van der Waals surface area contributed by atoms with E-state index in [1.165, 1.54) is 12.8 Å². The molecule has 0 radical (unpaired) electrons. The number of ether oxygens (including phenoxy) is 1. The van der Waals surface area contributed by atoms with Crippen LogP contribution in [0.25, 0.3) is 11.4 Å². The van der Waals surface area contributed by atoms with E-state index in [1.807, 2.05) is 60.8 Å². The zero-order valence-corrected chi connectivity index (χ0v) is 20.2. The standard InChI is InChI=1S/C29H32N4O2/c1-22-9-8-14-26(17-22)33-29(30-27(31-33)21-35-20-24-12-6-3-7-13-24)25-15-16-28(34)32(19-25)18-23-10-4-2-5-11-23/h2-7,10-13,15-16,19,22,26H,8-9,14,17-18,20-21H2,1H3. The Morgan fingerprint density at radius 1 is 0.914 bits per heavy atom. The van der Waals surface area contributed by atoms with Crippen LogP contribution < -0.4 is 5.56 Å². The topological polar surface area (TPSA) is 61.9 Å². The lowest BCUT2D eigenvalue weighted by molar-refractivity contribution is 0.101. The van der Waals surface area contributed by atoms with Crippen LogP contribution in [-0.2, 0) is 24.5 Å². The summed E-state index contributed by atoms with van der Waals surface area (Å²) in [6.07, 6.45) is 6.55. The first kappa shape index (κ1) is 23.2. The van der Waals surface area contributed by atoms with Crippen molar-refractivity contribution in [3.63, 3.8) is 0 Å². The lowest BCUT2D eigenvalue weighted by atomic mass is 9.87. The van der Waals surface area contributed by atoms with Gasteiger partial charge >= 0.3 is 0 Å². The van der Waals surface area contributed by atoms with Crippen LogP contribution in [0.1, 0.15) is 55.6 Å². The van der Waals surface area contributed by atoms with Crippen LogP contribution in [0, 0.1) is 5.92 Å². The molecule has 6 nitrogen and oxygen atoms in total. The maximum atomic E-state index is 12.6. The van der Waals surface area contributed by atoms with Gasteiger partial charge < -0.3 is 9.30 Å². The van der Waals surface area contributed by atoms with Crippen molar-refractivity contribution in [1.82, 2.24) is 19.3 Å². The van der Waals surface area contributed by atoms with Crippen molar-refractivity contribution < 1.29 is 4.74 Å². The third-order valence-electron chi connectivity index (χ3n) is 6.71. The van der Waals surface area contributed by atoms with E-state index in [2.05, 4.69) is 23.7 Å². The van der Waals surface area contributed by atoms with E-state index in [1.54, 1.807) is 10.6 Å². The van der Waals surface area contributed by atoms with E-state index in [-0.39, 0.29) is 5.56 Å². The molecule has 0 amide bonds. The summed E-state index contributed by atoms with van der Waals surface area (Å²) in [6.45, 7) is 3.70. The Morgan fingerprint density at radius 3 is 2.40 bits per heavy atom. The van der Waals surface area contributed by atoms with Crippen molar-refractivity contribution in [1.29, 1.82) is 0 Å². The van der Waals surface area contributed by atoms with E-state index in [9.17, 15) is 4.79 Å². The minimum Gasteiger partial charge on any atom is -0.369 e. The first-order valence-electron chi connectivity index (χ1n) is 12.5. The maximum Gasteiger partial charge on any atom is 0.250 e. The molecule has 1 saturated carbocycles. The Labute approximate surface area is 206 Å². The molecule has 2 aromatic carbocycles. The highest BCUT2D eigenvalue weighted by molar-refractivity contribution is 5.54. The van der Waals surface area contributed by atoms with E-state index in [0.717, 1.165) is 35.4 Å². The lowest BCUT2D eigenvalue weighted by Crippen LogP contribution is -2.21. The molecule has 4 aromatic rings. The first-order chi connectivity index (χ1) is 17.2. The minimum atomic E-state index is -0.0265. The molecule has 1 aliphatic carbocycles. The van der Waals surface area contributed by atoms with Crippen LogP contribution in [0.3, 0.4) is 0 Å². The minimum absolute atomic E-state index is 0.0265. The first-order valence-corrected chi connectivity index (χ1v) is 12.5. The monoisotopic (exact) mass is 468 g/mol. The van der Waals surface area contributed by atoms with Crippen molar-refractivity contribution in [3.8, 4) is 11.4 Å². The number of nitrogens with zero attached hydrogens (tertiary/aromatic N) is 4. The average molecular weight is 469 g/mol. The summed E-state index contributed by atoms with van der Waals surface area (Å²) < 4.78 is 9.78. The molecule has 2 heterocycles. The Morgan fingerprint density at radius 2 is 1.66 bits per heavy atom. The highest BCUT2D eigenvalue weighted by Crippen LogP contribution is 2.34. The summed E-state index contributed by atoms with van der Waals surface area (Å²) in [4.78, 5) is 17.5. The molecule has 1 fully saturated rings. The van der Waals surface area contributed by atoms with Gasteiger partial charge in [0.1, 0.15) is 6.61 Å². The van der Waals surface area contributed by atoms with Gasteiger partial charge in [0, 0.05) is 17.8 Å². The third kappa shape index (κ3) is 5.77. The summed E-state index contributed by atoms with van der Waals surface area (Å²) in [5.41, 5.74) is 3.09. The average Bonchev–Trinajstić information content (AvgIpc) is 3.31. The molecule has 0 saturated heterocycles. The van der Waals surface area contributed by atoms with Crippen molar-refractivity contribution in [2.75, 3.05) is 0 Å². The van der Waals surface area contributed by atoms with Crippen molar-refractivity contribution in [2.45, 2.75) is 58.4 Å². The largest absolute Gasteiger partial charge is 0.369 e. The number of aromatic nitrogens is 4. The van der Waals surface area contributed by atoms with Gasteiger partial charge in [-0.3, -0.25) is 4.79 Å². The van der Waals surface area contributed by atoms with Gasteiger partial charge in [0.2, 0.25) is 0 Å². The number of rotatable bonds is 8. The highest BCUT2D eigenvalue weighted by atomic mass is 16.5. The van der Waals surface area contributed by atoms with Gasteiger partial charge in [0.05, 0.1) is 19.2 Å². The fraction of sp³-hybridized carbons (Fsp3) is 0.345. The normalized spacial score (nSPS) is 18.0. The molecule has 5 rings (SSSR count). The van der Waals surface area contributed by atoms with Crippen LogP contribution in [0.5, 0.6) is 0 Å². The molecule has 2 unspecified atom stereocenters. The molecule has 2 aromatic heterocycles. The molecule has 6 heteroatoms. The number of benzene rings is 2. The smallest absolute Gasteiger partial charge is 0.250 e. The van der Waals surface area contributed by atoms with Gasteiger partial charge in [0.25, 0.3) is 5.56 Å². The lowest BCUT2D eigenvalue weighted by Gasteiger charge is -2.27. The Hall–Kier alpha value is -3.51. The fourth-order valence-electron chi connectivity index (χ4n) is 4.91. The van der Waals surface area contributed by atoms with Gasteiger partial charge in [0.15, 0.2) is 11.6 Å². The summed E-state index contributed by atoms with van der Waals surface area (Å²) in [5.74, 6) is 2.15. The molecular weight excluding hydrogens is 436 g/mol. The van der Waals surface area contributed by atoms with Crippen LogP contribution in [-0.4, -0.2) is 19.3 Å². The SMILES string of the molecule is CC1CCCC(n2nc(COCc3ccccc3)nc2-c2ccc(=O)n(Cc3ccccc3)c2)C1. The van der Waals surface area contributed by atoms with Gasteiger partial charge in [-0.15, -0.1) is 0 Å². The zero-order valence-electron chi connectivity index (χ0n) is 20.2. The zero-order chi connectivity index (χ0) is 24.0. The molecule has 2 atom stereocenters. The molecule has 0 spiro atoms. The summed E-state index contributed by atoms with van der Waals surface area (Å²) in [5, 5.41) is 4.91. The summed E-state index contributed by atoms with van der Waals surface area (Å²) in [6, 6.07) is 24.0. The van der Waals surface area contributed by atoms with Gasteiger partial charge in [-0.25, -0.2) is 9.67 Å². The molecule has 180 valence electrons. The van der Waals surface area contributed by atoms with E-state index < -0.39 is 0 Å². The molecule has 0 bridgehead atoms. The van der Waals surface area contributed by atoms with Gasteiger partial charge in [-0.2, -0.15) is 5.10 Å². The Kier molecular flexibility index (Phi) is 7.19. The van der Waals surface area contributed by atoms with Crippen LogP contribution in [0.2, 0.25) is 0 Å². The Bertz CT molecular complexity index is 1300. The molecule has 35 heavy (non-hydrogen) atoms. The summed E-state index contributed by atoms with van der Waals surface area (Å²) >= 11 is 0. The van der Waals surface area contributed by atoms with Crippen LogP contribution in [0.4, 0.5) is 0 Å². The number of pyridine rings is 1. The van der Waals surface area contributed by atoms with Crippen LogP contribution in [0.15, 0.2) is 83.8 Å². The number of hydrogen-bond donors (Lipinski definition) is 0. The predicted octanol–water partition coefficient (Wildman–Crippen LogP) is 5.62. The second-order valence-electron chi connectivity index (χ2n) is 9.57. The molecule has 0 N–H and O–H groups in total. The third-order valence-corrected chi connectivity index (χ3v) is 6.71. The summed E-state index contributed by atoms with van der Waals surface area (Å²) in [7, 11) is 0. The number of hydrogen-bond acceptors (Lipinski definition) is 4. The quantitative estimate of drug-likeness (QED) is 0.337. The highest BCUT2D eigenvalue weighted by Gasteiger charge is 2.25. The second kappa shape index (κ2) is 10.8. The van der Waals surface area contributed by atoms with E-state index in [0.29, 0.717) is 37.5 Å². The Balaban J connectivity index is 1.43. The second-order valence-corrected chi connectivity index (χ2v) is 9.57. The van der Waals surface area contributed by atoms with Gasteiger partial charge in [-0.1, -0.05) is 80.4 Å². The van der Waals surface area contributed by atoms with Crippen molar-refractivity contribution in [2.24, 2.45) is 5.92 Å².